The number of rotatable bonds is 5. The van der Waals surface area contributed by atoms with Crippen LogP contribution in [0.25, 0.3) is 0 Å². The standard InChI is InChI=1S/C7H15N5/c1-3-5-8-6-4-7-9-11-12(2)10-7/h8H,3-6H2,1-2H3. The Labute approximate surface area is 72.2 Å². The van der Waals surface area contributed by atoms with Gasteiger partial charge < -0.3 is 5.32 Å². The highest BCUT2D eigenvalue weighted by molar-refractivity contribution is 4.77. The third kappa shape index (κ3) is 2.96. The Morgan fingerprint density at radius 2 is 2.25 bits per heavy atom. The molecule has 1 N–H and O–H groups in total. The zero-order valence-corrected chi connectivity index (χ0v) is 7.62. The number of nitrogens with one attached hydrogen (secondary N) is 1. The van der Waals surface area contributed by atoms with Gasteiger partial charge in [-0.15, -0.1) is 10.2 Å². The van der Waals surface area contributed by atoms with Crippen molar-refractivity contribution in [1.29, 1.82) is 0 Å². The van der Waals surface area contributed by atoms with Crippen LogP contribution in [0.15, 0.2) is 0 Å². The molecule has 0 unspecified atom stereocenters. The minimum atomic E-state index is 0.807. The van der Waals surface area contributed by atoms with Crippen molar-refractivity contribution in [3.63, 3.8) is 0 Å². The maximum Gasteiger partial charge on any atom is 0.176 e. The van der Waals surface area contributed by atoms with Crippen LogP contribution >= 0.6 is 0 Å². The average molecular weight is 169 g/mol. The van der Waals surface area contributed by atoms with Crippen LogP contribution in [0.4, 0.5) is 0 Å². The van der Waals surface area contributed by atoms with Crippen LogP contribution in [0.1, 0.15) is 19.2 Å². The second kappa shape index (κ2) is 4.82. The van der Waals surface area contributed by atoms with Gasteiger partial charge in [-0.05, 0) is 18.2 Å². The summed E-state index contributed by atoms with van der Waals surface area (Å²) in [6.45, 7) is 4.13. The molecule has 1 aromatic heterocycles. The molecular weight excluding hydrogens is 154 g/mol. The lowest BCUT2D eigenvalue weighted by molar-refractivity contribution is 0.623. The van der Waals surface area contributed by atoms with E-state index in [1.807, 2.05) is 0 Å². The van der Waals surface area contributed by atoms with Gasteiger partial charge in [-0.3, -0.25) is 0 Å². The van der Waals surface area contributed by atoms with E-state index in [-0.39, 0.29) is 0 Å². The first kappa shape index (κ1) is 9.12. The Balaban J connectivity index is 2.15. The van der Waals surface area contributed by atoms with Crippen molar-refractivity contribution in [1.82, 2.24) is 25.5 Å². The second-order valence-corrected chi connectivity index (χ2v) is 2.70. The average Bonchev–Trinajstić information content (AvgIpc) is 2.45. The van der Waals surface area contributed by atoms with Crippen LogP contribution in [-0.4, -0.2) is 33.3 Å². The van der Waals surface area contributed by atoms with E-state index in [0.717, 1.165) is 31.8 Å². The maximum atomic E-state index is 4.06. The maximum absolute atomic E-state index is 4.06. The van der Waals surface area contributed by atoms with Crippen molar-refractivity contribution in [3.05, 3.63) is 5.82 Å². The number of aryl methyl sites for hydroxylation is 1. The summed E-state index contributed by atoms with van der Waals surface area (Å²) < 4.78 is 0. The molecule has 0 aromatic carbocycles. The fourth-order valence-corrected chi connectivity index (χ4v) is 0.925. The third-order valence-corrected chi connectivity index (χ3v) is 1.50. The number of aromatic nitrogens is 4. The summed E-state index contributed by atoms with van der Waals surface area (Å²) in [5.74, 6) is 0.807. The van der Waals surface area contributed by atoms with Crippen LogP contribution in [0.3, 0.4) is 0 Å². The highest BCUT2D eigenvalue weighted by atomic mass is 15.6. The van der Waals surface area contributed by atoms with Crippen LogP contribution in [-0.2, 0) is 13.5 Å². The number of hydrogen-bond donors (Lipinski definition) is 1. The van der Waals surface area contributed by atoms with Crippen molar-refractivity contribution in [3.8, 4) is 0 Å². The third-order valence-electron chi connectivity index (χ3n) is 1.50. The van der Waals surface area contributed by atoms with E-state index in [9.17, 15) is 0 Å². The zero-order chi connectivity index (χ0) is 8.81. The summed E-state index contributed by atoms with van der Waals surface area (Å²) in [6.07, 6.45) is 2.02. The lowest BCUT2D eigenvalue weighted by Gasteiger charge is -1.97. The van der Waals surface area contributed by atoms with Gasteiger partial charge in [0.05, 0.1) is 7.05 Å². The lowest BCUT2D eigenvalue weighted by atomic mass is 10.4. The van der Waals surface area contributed by atoms with E-state index in [4.69, 9.17) is 0 Å². The normalized spacial score (nSPS) is 10.5. The number of nitrogens with zero attached hydrogens (tertiary/aromatic N) is 4. The summed E-state index contributed by atoms with van der Waals surface area (Å²) >= 11 is 0. The molecule has 0 aliphatic heterocycles. The van der Waals surface area contributed by atoms with Crippen LogP contribution in [0.2, 0.25) is 0 Å². The Kier molecular flexibility index (Phi) is 3.66. The van der Waals surface area contributed by atoms with Crippen LogP contribution < -0.4 is 5.32 Å². The van der Waals surface area contributed by atoms with E-state index in [1.54, 1.807) is 7.05 Å². The van der Waals surface area contributed by atoms with E-state index in [0.29, 0.717) is 0 Å². The largest absolute Gasteiger partial charge is 0.316 e. The molecule has 0 radical (unpaired) electrons. The van der Waals surface area contributed by atoms with Gasteiger partial charge in [0.15, 0.2) is 5.82 Å². The van der Waals surface area contributed by atoms with Gasteiger partial charge in [0, 0.05) is 13.0 Å². The highest BCUT2D eigenvalue weighted by Gasteiger charge is 1.97. The fraction of sp³-hybridized carbons (Fsp3) is 0.857. The van der Waals surface area contributed by atoms with E-state index in [2.05, 4.69) is 27.7 Å². The number of hydrogen-bond acceptors (Lipinski definition) is 4. The van der Waals surface area contributed by atoms with Crippen LogP contribution in [0.5, 0.6) is 0 Å². The molecule has 0 spiro atoms. The Bertz CT molecular complexity index is 219. The molecule has 0 saturated heterocycles. The summed E-state index contributed by atoms with van der Waals surface area (Å²) in [6, 6.07) is 0. The molecule has 5 heteroatoms. The van der Waals surface area contributed by atoms with Gasteiger partial charge in [0.1, 0.15) is 0 Å². The van der Waals surface area contributed by atoms with Gasteiger partial charge in [-0.2, -0.15) is 4.80 Å². The molecule has 0 aliphatic carbocycles. The van der Waals surface area contributed by atoms with E-state index >= 15 is 0 Å². The predicted molar refractivity (Wildman–Crippen MR) is 45.7 cm³/mol. The SMILES string of the molecule is CCCNCCc1nnn(C)n1. The molecule has 0 aliphatic rings. The first-order valence-corrected chi connectivity index (χ1v) is 4.26. The summed E-state index contributed by atoms with van der Waals surface area (Å²) in [4.78, 5) is 1.48. The van der Waals surface area contributed by atoms with Gasteiger partial charge in [0.25, 0.3) is 0 Å². The summed E-state index contributed by atoms with van der Waals surface area (Å²) in [5, 5.41) is 15.0. The van der Waals surface area contributed by atoms with E-state index < -0.39 is 0 Å². The second-order valence-electron chi connectivity index (χ2n) is 2.70. The van der Waals surface area contributed by atoms with Crippen molar-refractivity contribution in [2.45, 2.75) is 19.8 Å². The monoisotopic (exact) mass is 169 g/mol. The molecule has 68 valence electrons. The molecule has 1 rings (SSSR count). The lowest BCUT2D eigenvalue weighted by Crippen LogP contribution is -2.18. The quantitative estimate of drug-likeness (QED) is 0.618. The number of tetrazole rings is 1. The molecule has 12 heavy (non-hydrogen) atoms. The van der Waals surface area contributed by atoms with E-state index in [1.165, 1.54) is 4.80 Å². The molecule has 5 nitrogen and oxygen atoms in total. The highest BCUT2D eigenvalue weighted by Crippen LogP contribution is 1.84. The Morgan fingerprint density at radius 3 is 2.83 bits per heavy atom. The molecule has 0 amide bonds. The minimum Gasteiger partial charge on any atom is -0.316 e. The Hall–Kier alpha value is -0.970. The fourth-order valence-electron chi connectivity index (χ4n) is 0.925. The van der Waals surface area contributed by atoms with Crippen molar-refractivity contribution in [2.24, 2.45) is 7.05 Å². The van der Waals surface area contributed by atoms with Gasteiger partial charge in [-0.25, -0.2) is 0 Å². The first-order chi connectivity index (χ1) is 5.83. The Morgan fingerprint density at radius 1 is 1.42 bits per heavy atom. The molecule has 0 bridgehead atoms. The smallest absolute Gasteiger partial charge is 0.176 e. The molecule has 0 atom stereocenters. The van der Waals surface area contributed by atoms with Gasteiger partial charge in [0.2, 0.25) is 0 Å². The minimum absolute atomic E-state index is 0.807. The zero-order valence-electron chi connectivity index (χ0n) is 7.62. The molecule has 0 fully saturated rings. The molecule has 0 saturated carbocycles. The van der Waals surface area contributed by atoms with Crippen LogP contribution in [0, 0.1) is 0 Å². The van der Waals surface area contributed by atoms with Crippen molar-refractivity contribution in [2.75, 3.05) is 13.1 Å². The molecule has 1 heterocycles. The summed E-state index contributed by atoms with van der Waals surface area (Å²) in [5.41, 5.74) is 0. The first-order valence-electron chi connectivity index (χ1n) is 4.26. The van der Waals surface area contributed by atoms with Gasteiger partial charge >= 0.3 is 0 Å². The molecule has 1 aromatic rings. The van der Waals surface area contributed by atoms with Crippen molar-refractivity contribution >= 4 is 0 Å². The van der Waals surface area contributed by atoms with Gasteiger partial charge in [-0.1, -0.05) is 6.92 Å². The molecular formula is C7H15N5. The topological polar surface area (TPSA) is 55.6 Å². The predicted octanol–water partition coefficient (Wildman–Crippen LogP) is -0.248. The summed E-state index contributed by atoms with van der Waals surface area (Å²) in [7, 11) is 1.77. The van der Waals surface area contributed by atoms with Crippen molar-refractivity contribution < 1.29 is 0 Å².